The van der Waals surface area contributed by atoms with Gasteiger partial charge in [-0.15, -0.1) is 11.6 Å². The number of carbonyl (C=O) groups is 1. The van der Waals surface area contributed by atoms with Crippen molar-refractivity contribution in [2.24, 2.45) is 5.41 Å². The third-order valence-electron chi connectivity index (χ3n) is 3.38. The van der Waals surface area contributed by atoms with Crippen LogP contribution in [0.5, 0.6) is 0 Å². The first-order chi connectivity index (χ1) is 8.15. The van der Waals surface area contributed by atoms with E-state index in [1.165, 1.54) is 12.8 Å². The molecule has 0 unspecified atom stereocenters. The molecule has 3 nitrogen and oxygen atoms in total. The average Bonchev–Trinajstić information content (AvgIpc) is 3.08. The van der Waals surface area contributed by atoms with Gasteiger partial charge in [0.05, 0.1) is 5.56 Å². The Morgan fingerprint density at radius 3 is 2.82 bits per heavy atom. The minimum absolute atomic E-state index is 0.0432. The molecule has 0 aromatic carbocycles. The van der Waals surface area contributed by atoms with Crippen LogP contribution in [0.15, 0.2) is 18.3 Å². The Balaban J connectivity index is 1.87. The Kier molecular flexibility index (Phi) is 3.67. The van der Waals surface area contributed by atoms with Crippen LogP contribution in [0.4, 0.5) is 0 Å². The van der Waals surface area contributed by atoms with Crippen molar-refractivity contribution in [3.8, 4) is 0 Å². The molecule has 0 radical (unpaired) electrons. The van der Waals surface area contributed by atoms with Crippen LogP contribution < -0.4 is 5.32 Å². The lowest BCUT2D eigenvalue weighted by atomic mass is 10.0. The van der Waals surface area contributed by atoms with Gasteiger partial charge in [0, 0.05) is 24.3 Å². The molecule has 0 spiro atoms. The Labute approximate surface area is 107 Å². The molecule has 17 heavy (non-hydrogen) atoms. The van der Waals surface area contributed by atoms with Crippen LogP contribution in [0.3, 0.4) is 0 Å². The monoisotopic (exact) mass is 252 g/mol. The number of carbonyl (C=O) groups excluding carboxylic acids is 1. The summed E-state index contributed by atoms with van der Waals surface area (Å²) in [7, 11) is 0. The number of aromatic nitrogens is 1. The highest BCUT2D eigenvalue weighted by Crippen LogP contribution is 2.48. The fourth-order valence-corrected chi connectivity index (χ4v) is 2.27. The molecule has 1 fully saturated rings. The summed E-state index contributed by atoms with van der Waals surface area (Å²) in [6.45, 7) is 2.63. The molecular weight excluding hydrogens is 236 g/mol. The first-order valence-electron chi connectivity index (χ1n) is 5.92. The van der Waals surface area contributed by atoms with E-state index in [0.717, 1.165) is 18.7 Å². The van der Waals surface area contributed by atoms with Gasteiger partial charge in [0.1, 0.15) is 0 Å². The molecule has 0 atom stereocenters. The fourth-order valence-electron chi connectivity index (χ4n) is 1.86. The van der Waals surface area contributed by atoms with Gasteiger partial charge in [-0.2, -0.15) is 0 Å². The summed E-state index contributed by atoms with van der Waals surface area (Å²) in [4.78, 5) is 16.0. The van der Waals surface area contributed by atoms with Gasteiger partial charge in [0.25, 0.3) is 5.91 Å². The van der Waals surface area contributed by atoms with E-state index >= 15 is 0 Å². The molecule has 1 aromatic rings. The average molecular weight is 253 g/mol. The molecular formula is C13H17ClN2O. The van der Waals surface area contributed by atoms with Crippen molar-refractivity contribution in [2.75, 3.05) is 12.4 Å². The number of aryl methyl sites for hydroxylation is 1. The van der Waals surface area contributed by atoms with Crippen LogP contribution in [0.1, 0.15) is 35.3 Å². The van der Waals surface area contributed by atoms with Crippen molar-refractivity contribution >= 4 is 17.5 Å². The van der Waals surface area contributed by atoms with Gasteiger partial charge in [-0.05, 0) is 43.7 Å². The molecule has 0 aliphatic heterocycles. The molecule has 1 heterocycles. The molecule has 0 saturated heterocycles. The second kappa shape index (κ2) is 5.05. The zero-order valence-electron chi connectivity index (χ0n) is 10.0. The summed E-state index contributed by atoms with van der Waals surface area (Å²) in [5.41, 5.74) is 1.81. The summed E-state index contributed by atoms with van der Waals surface area (Å²) in [5, 5.41) is 2.97. The van der Waals surface area contributed by atoms with E-state index in [0.29, 0.717) is 11.4 Å². The number of halogens is 1. The second-order valence-corrected chi connectivity index (χ2v) is 5.19. The molecule has 92 valence electrons. The van der Waals surface area contributed by atoms with Crippen LogP contribution in [0.2, 0.25) is 0 Å². The highest BCUT2D eigenvalue weighted by molar-refractivity contribution is 6.17. The number of nitrogens with zero attached hydrogens (tertiary/aromatic N) is 1. The lowest BCUT2D eigenvalue weighted by Crippen LogP contribution is -2.30. The maximum Gasteiger partial charge on any atom is 0.252 e. The topological polar surface area (TPSA) is 42.0 Å². The van der Waals surface area contributed by atoms with Crippen LogP contribution in [0.25, 0.3) is 0 Å². The standard InChI is InChI=1S/C13H17ClN2O/c1-10-2-3-11(8-15-10)12(17)16-9-13(4-5-13)6-7-14/h2-3,8H,4-7,9H2,1H3,(H,16,17). The first-order valence-corrected chi connectivity index (χ1v) is 6.45. The second-order valence-electron chi connectivity index (χ2n) is 4.81. The van der Waals surface area contributed by atoms with Crippen molar-refractivity contribution in [2.45, 2.75) is 26.2 Å². The normalized spacial score (nSPS) is 16.6. The number of hydrogen-bond acceptors (Lipinski definition) is 2. The smallest absolute Gasteiger partial charge is 0.252 e. The predicted octanol–water partition coefficient (Wildman–Crippen LogP) is 2.53. The van der Waals surface area contributed by atoms with Gasteiger partial charge in [-0.25, -0.2) is 0 Å². The van der Waals surface area contributed by atoms with E-state index in [1.807, 2.05) is 13.0 Å². The minimum Gasteiger partial charge on any atom is -0.351 e. The Hall–Kier alpha value is -1.09. The Morgan fingerprint density at radius 1 is 1.53 bits per heavy atom. The summed E-state index contributed by atoms with van der Waals surface area (Å²) < 4.78 is 0. The third kappa shape index (κ3) is 3.19. The largest absolute Gasteiger partial charge is 0.351 e. The SMILES string of the molecule is Cc1ccc(C(=O)NCC2(CCCl)CC2)cn1. The van der Waals surface area contributed by atoms with E-state index in [1.54, 1.807) is 12.3 Å². The van der Waals surface area contributed by atoms with E-state index in [-0.39, 0.29) is 11.3 Å². The molecule has 1 aliphatic carbocycles. The van der Waals surface area contributed by atoms with Gasteiger partial charge in [-0.1, -0.05) is 0 Å². The zero-order chi connectivity index (χ0) is 12.3. The fraction of sp³-hybridized carbons (Fsp3) is 0.538. The van der Waals surface area contributed by atoms with E-state index in [4.69, 9.17) is 11.6 Å². The van der Waals surface area contributed by atoms with Crippen molar-refractivity contribution in [1.82, 2.24) is 10.3 Å². The first kappa shape index (κ1) is 12.4. The van der Waals surface area contributed by atoms with Crippen molar-refractivity contribution in [1.29, 1.82) is 0 Å². The van der Waals surface area contributed by atoms with Crippen molar-refractivity contribution < 1.29 is 4.79 Å². The number of alkyl halides is 1. The third-order valence-corrected chi connectivity index (χ3v) is 3.57. The predicted molar refractivity (Wildman–Crippen MR) is 68.3 cm³/mol. The minimum atomic E-state index is -0.0432. The van der Waals surface area contributed by atoms with E-state index in [2.05, 4.69) is 10.3 Å². The van der Waals surface area contributed by atoms with Crippen LogP contribution in [0, 0.1) is 12.3 Å². The summed E-state index contributed by atoms with van der Waals surface area (Å²) >= 11 is 5.75. The molecule has 1 aromatic heterocycles. The zero-order valence-corrected chi connectivity index (χ0v) is 10.8. The molecule has 0 bridgehead atoms. The lowest BCUT2D eigenvalue weighted by Gasteiger charge is -2.14. The van der Waals surface area contributed by atoms with E-state index < -0.39 is 0 Å². The molecule has 1 amide bonds. The Morgan fingerprint density at radius 2 is 2.29 bits per heavy atom. The van der Waals surface area contributed by atoms with Crippen LogP contribution in [-0.2, 0) is 0 Å². The number of hydrogen-bond donors (Lipinski definition) is 1. The van der Waals surface area contributed by atoms with Crippen LogP contribution >= 0.6 is 11.6 Å². The maximum absolute atomic E-state index is 11.9. The van der Waals surface area contributed by atoms with E-state index in [9.17, 15) is 4.79 Å². The molecule has 1 saturated carbocycles. The Bertz CT molecular complexity index is 398. The summed E-state index contributed by atoms with van der Waals surface area (Å²) in [5.74, 6) is 0.625. The number of amides is 1. The van der Waals surface area contributed by atoms with Gasteiger partial charge >= 0.3 is 0 Å². The highest BCUT2D eigenvalue weighted by Gasteiger charge is 2.41. The highest BCUT2D eigenvalue weighted by atomic mass is 35.5. The summed E-state index contributed by atoms with van der Waals surface area (Å²) in [6, 6.07) is 3.65. The van der Waals surface area contributed by atoms with Crippen molar-refractivity contribution in [3.63, 3.8) is 0 Å². The molecule has 4 heteroatoms. The molecule has 1 aliphatic rings. The van der Waals surface area contributed by atoms with Crippen molar-refractivity contribution in [3.05, 3.63) is 29.6 Å². The maximum atomic E-state index is 11.9. The number of nitrogens with one attached hydrogen (secondary N) is 1. The molecule has 1 N–H and O–H groups in total. The molecule has 2 rings (SSSR count). The quantitative estimate of drug-likeness (QED) is 0.819. The van der Waals surface area contributed by atoms with Gasteiger partial charge in [-0.3, -0.25) is 9.78 Å². The van der Waals surface area contributed by atoms with Gasteiger partial charge < -0.3 is 5.32 Å². The van der Waals surface area contributed by atoms with Gasteiger partial charge in [0.15, 0.2) is 0 Å². The lowest BCUT2D eigenvalue weighted by molar-refractivity contribution is 0.0944. The number of rotatable bonds is 5. The van der Waals surface area contributed by atoms with Gasteiger partial charge in [0.2, 0.25) is 0 Å². The van der Waals surface area contributed by atoms with Crippen LogP contribution in [-0.4, -0.2) is 23.3 Å². The summed E-state index contributed by atoms with van der Waals surface area (Å²) in [6.07, 6.45) is 4.95. The number of pyridine rings is 1.